The predicted molar refractivity (Wildman–Crippen MR) is 69.6 cm³/mol. The molecule has 0 aromatic heterocycles. The van der Waals surface area contributed by atoms with Crippen LogP contribution in [0.5, 0.6) is 0 Å². The number of non-ortho nitro benzene ring substituents is 1. The highest BCUT2D eigenvalue weighted by Gasteiger charge is 2.34. The van der Waals surface area contributed by atoms with Crippen LogP contribution in [-0.4, -0.2) is 23.0 Å². The summed E-state index contributed by atoms with van der Waals surface area (Å²) in [7, 11) is 0. The minimum Gasteiger partial charge on any atom is -0.377 e. The highest BCUT2D eigenvalue weighted by molar-refractivity contribution is 5.52. The molecule has 0 saturated carbocycles. The second-order valence-electron chi connectivity index (χ2n) is 5.49. The van der Waals surface area contributed by atoms with E-state index in [1.807, 2.05) is 0 Å². The van der Waals surface area contributed by atoms with E-state index in [9.17, 15) is 18.9 Å². The molecule has 2 N–H and O–H groups in total. The van der Waals surface area contributed by atoms with Crippen molar-refractivity contribution in [2.24, 2.45) is 0 Å². The molecule has 2 bridgehead atoms. The zero-order valence-corrected chi connectivity index (χ0v) is 10.7. The number of nitro benzene ring substituents is 1. The molecule has 2 atom stereocenters. The zero-order chi connectivity index (χ0) is 14.3. The highest BCUT2D eigenvalue weighted by Crippen LogP contribution is 2.31. The van der Waals surface area contributed by atoms with Crippen molar-refractivity contribution in [3.8, 4) is 0 Å². The summed E-state index contributed by atoms with van der Waals surface area (Å²) in [6.45, 7) is 0. The molecular weight excluding hydrogens is 268 g/mol. The number of nitrogens with one attached hydrogen (secondary N) is 2. The van der Waals surface area contributed by atoms with Crippen molar-refractivity contribution in [2.75, 3.05) is 5.32 Å². The zero-order valence-electron chi connectivity index (χ0n) is 10.7. The smallest absolute Gasteiger partial charge is 0.275 e. The summed E-state index contributed by atoms with van der Waals surface area (Å²) in [6.07, 6.45) is 3.81. The van der Waals surface area contributed by atoms with Gasteiger partial charge in [0.1, 0.15) is 5.69 Å². The van der Waals surface area contributed by atoms with Gasteiger partial charge in [0, 0.05) is 18.1 Å². The maximum Gasteiger partial charge on any atom is 0.275 e. The van der Waals surface area contributed by atoms with Crippen molar-refractivity contribution in [1.29, 1.82) is 0 Å². The number of piperidine rings is 1. The molecule has 1 aromatic carbocycles. The number of hydrogen-bond acceptors (Lipinski definition) is 4. The third-order valence-corrected chi connectivity index (χ3v) is 4.06. The number of benzene rings is 1. The first-order chi connectivity index (χ1) is 9.52. The number of fused-ring (bicyclic) bond motifs is 2. The maximum atomic E-state index is 13.8. The molecule has 3 rings (SSSR count). The van der Waals surface area contributed by atoms with Crippen LogP contribution >= 0.6 is 0 Å². The predicted octanol–water partition coefficient (Wildman–Crippen LogP) is 2.57. The van der Waals surface area contributed by atoms with Crippen LogP contribution in [0.15, 0.2) is 12.1 Å². The van der Waals surface area contributed by atoms with E-state index in [0.29, 0.717) is 12.1 Å². The Balaban J connectivity index is 1.79. The summed E-state index contributed by atoms with van der Waals surface area (Å²) in [4.78, 5) is 9.74. The lowest BCUT2D eigenvalue weighted by molar-refractivity contribution is -0.385. The number of halogens is 2. The molecule has 2 heterocycles. The monoisotopic (exact) mass is 283 g/mol. The molecule has 0 aliphatic carbocycles. The number of nitrogens with zero attached hydrogens (tertiary/aromatic N) is 1. The number of anilines is 1. The topological polar surface area (TPSA) is 67.2 Å². The summed E-state index contributed by atoms with van der Waals surface area (Å²) in [6, 6.07) is 2.30. The summed E-state index contributed by atoms with van der Waals surface area (Å²) >= 11 is 0. The second kappa shape index (κ2) is 4.97. The summed E-state index contributed by atoms with van der Waals surface area (Å²) in [5.74, 6) is -1.83. The average molecular weight is 283 g/mol. The van der Waals surface area contributed by atoms with E-state index in [4.69, 9.17) is 0 Å². The van der Waals surface area contributed by atoms with Gasteiger partial charge < -0.3 is 10.6 Å². The Morgan fingerprint density at radius 3 is 2.25 bits per heavy atom. The van der Waals surface area contributed by atoms with Gasteiger partial charge in [-0.05, 0) is 25.7 Å². The number of rotatable bonds is 3. The van der Waals surface area contributed by atoms with Gasteiger partial charge in [-0.1, -0.05) is 0 Å². The van der Waals surface area contributed by atoms with Gasteiger partial charge in [0.15, 0.2) is 11.6 Å². The van der Waals surface area contributed by atoms with Gasteiger partial charge >= 0.3 is 0 Å². The van der Waals surface area contributed by atoms with Gasteiger partial charge in [0.2, 0.25) is 0 Å². The largest absolute Gasteiger partial charge is 0.377 e. The van der Waals surface area contributed by atoms with Crippen LogP contribution in [0.4, 0.5) is 20.2 Å². The van der Waals surface area contributed by atoms with Gasteiger partial charge in [0.25, 0.3) is 5.69 Å². The van der Waals surface area contributed by atoms with E-state index < -0.39 is 22.2 Å². The van der Waals surface area contributed by atoms with Crippen LogP contribution in [0.3, 0.4) is 0 Å². The Bertz CT molecular complexity index is 517. The third kappa shape index (κ3) is 2.45. The summed E-state index contributed by atoms with van der Waals surface area (Å²) in [5.41, 5.74) is -0.835. The fraction of sp³-hybridized carbons (Fsp3) is 0.538. The first-order valence-corrected chi connectivity index (χ1v) is 6.69. The van der Waals surface area contributed by atoms with Crippen molar-refractivity contribution >= 4 is 11.4 Å². The van der Waals surface area contributed by atoms with E-state index in [1.165, 1.54) is 0 Å². The van der Waals surface area contributed by atoms with E-state index in [-0.39, 0.29) is 11.7 Å². The molecular formula is C13H15F2N3O2. The van der Waals surface area contributed by atoms with Crippen molar-refractivity contribution in [3.05, 3.63) is 33.9 Å². The minimum absolute atomic E-state index is 0.000735. The molecule has 2 unspecified atom stereocenters. The van der Waals surface area contributed by atoms with Gasteiger partial charge in [-0.15, -0.1) is 0 Å². The van der Waals surface area contributed by atoms with Crippen LogP contribution in [0.2, 0.25) is 0 Å². The van der Waals surface area contributed by atoms with E-state index >= 15 is 0 Å². The van der Waals surface area contributed by atoms with Crippen LogP contribution in [0, 0.1) is 21.7 Å². The molecule has 2 aliphatic rings. The third-order valence-electron chi connectivity index (χ3n) is 4.06. The van der Waals surface area contributed by atoms with Crippen molar-refractivity contribution < 1.29 is 13.7 Å². The van der Waals surface area contributed by atoms with E-state index in [1.54, 1.807) is 0 Å². The molecule has 108 valence electrons. The Labute approximate surface area is 114 Å². The number of nitro groups is 1. The Morgan fingerprint density at radius 2 is 1.75 bits per heavy atom. The van der Waals surface area contributed by atoms with Crippen molar-refractivity contribution in [1.82, 2.24) is 5.32 Å². The quantitative estimate of drug-likeness (QED) is 0.661. The van der Waals surface area contributed by atoms with Crippen molar-refractivity contribution in [2.45, 2.75) is 43.8 Å². The molecule has 5 nitrogen and oxygen atoms in total. The Kier molecular flexibility index (Phi) is 3.29. The fourth-order valence-electron chi connectivity index (χ4n) is 3.18. The first kappa shape index (κ1) is 13.2. The lowest BCUT2D eigenvalue weighted by atomic mass is 9.99. The van der Waals surface area contributed by atoms with Crippen LogP contribution in [0.1, 0.15) is 25.7 Å². The maximum absolute atomic E-state index is 13.8. The standard InChI is InChI=1S/C13H15F2N3O2/c14-11-5-10(18(19)20)6-12(15)13(11)17-9-3-7-1-2-8(4-9)16-7/h5-9,16-17H,1-4H2. The van der Waals surface area contributed by atoms with Gasteiger partial charge in [0.05, 0.1) is 17.1 Å². The summed E-state index contributed by atoms with van der Waals surface area (Å²) in [5, 5.41) is 16.9. The van der Waals surface area contributed by atoms with E-state index in [0.717, 1.165) is 37.8 Å². The fourth-order valence-corrected chi connectivity index (χ4v) is 3.18. The average Bonchev–Trinajstić information content (AvgIpc) is 2.73. The number of hydrogen-bond donors (Lipinski definition) is 2. The first-order valence-electron chi connectivity index (χ1n) is 6.69. The Morgan fingerprint density at radius 1 is 1.20 bits per heavy atom. The van der Waals surface area contributed by atoms with Crippen molar-refractivity contribution in [3.63, 3.8) is 0 Å². The van der Waals surface area contributed by atoms with Gasteiger partial charge in [-0.25, -0.2) is 8.78 Å². The molecule has 20 heavy (non-hydrogen) atoms. The van der Waals surface area contributed by atoms with Crippen LogP contribution < -0.4 is 10.6 Å². The van der Waals surface area contributed by atoms with Crippen LogP contribution in [0.25, 0.3) is 0 Å². The molecule has 2 saturated heterocycles. The molecule has 0 spiro atoms. The molecule has 2 aliphatic heterocycles. The van der Waals surface area contributed by atoms with E-state index in [2.05, 4.69) is 10.6 Å². The summed E-state index contributed by atoms with van der Waals surface area (Å²) < 4.78 is 27.6. The lowest BCUT2D eigenvalue weighted by Gasteiger charge is -2.30. The SMILES string of the molecule is O=[N+]([O-])c1cc(F)c(NC2CC3CCC(C2)N3)c(F)c1. The molecule has 0 amide bonds. The van der Waals surface area contributed by atoms with Gasteiger partial charge in [-0.2, -0.15) is 0 Å². The molecule has 2 fully saturated rings. The highest BCUT2D eigenvalue weighted by atomic mass is 19.1. The van der Waals surface area contributed by atoms with Gasteiger partial charge in [-0.3, -0.25) is 10.1 Å². The molecule has 1 aromatic rings. The van der Waals surface area contributed by atoms with Crippen LogP contribution in [-0.2, 0) is 0 Å². The second-order valence-corrected chi connectivity index (χ2v) is 5.49. The molecule has 7 heteroatoms. The minimum atomic E-state index is -0.914. The lowest BCUT2D eigenvalue weighted by Crippen LogP contribution is -2.43. The normalized spacial score (nSPS) is 28.4. The molecule has 0 radical (unpaired) electrons. The Hall–Kier alpha value is -1.76.